The van der Waals surface area contributed by atoms with Crippen molar-refractivity contribution in [1.29, 1.82) is 0 Å². The molecule has 0 saturated carbocycles. The lowest BCUT2D eigenvalue weighted by molar-refractivity contribution is 0.0190. The number of hydrogen-bond acceptors (Lipinski definition) is 4. The first kappa shape index (κ1) is 13.6. The summed E-state index contributed by atoms with van der Waals surface area (Å²) in [5.74, 6) is 0.683. The molecule has 0 fully saturated rings. The highest BCUT2D eigenvalue weighted by molar-refractivity contribution is 7.11. The summed E-state index contributed by atoms with van der Waals surface area (Å²) in [6.07, 6.45) is 1.94. The summed E-state index contributed by atoms with van der Waals surface area (Å²) < 4.78 is 5.41. The molecule has 0 bridgehead atoms. The topological polar surface area (TPSA) is 34.1 Å². The molecule has 1 N–H and O–H groups in total. The molecule has 0 aliphatic heterocycles. The second-order valence-corrected chi connectivity index (χ2v) is 5.99. The number of nitrogens with one attached hydrogen (secondary N) is 1. The average Bonchev–Trinajstić information content (AvgIpc) is 2.66. The van der Waals surface area contributed by atoms with E-state index in [1.807, 2.05) is 20.0 Å². The van der Waals surface area contributed by atoms with E-state index in [1.54, 1.807) is 18.4 Å². The van der Waals surface area contributed by atoms with E-state index in [0.717, 1.165) is 18.1 Å². The minimum atomic E-state index is -0.277. The van der Waals surface area contributed by atoms with Crippen molar-refractivity contribution >= 4 is 11.3 Å². The van der Waals surface area contributed by atoms with E-state index >= 15 is 0 Å². The Kier molecular flexibility index (Phi) is 4.89. The lowest BCUT2D eigenvalue weighted by Gasteiger charge is -2.19. The molecule has 0 atom stereocenters. The fraction of sp³-hybridized carbons (Fsp3) is 0.750. The normalized spacial score (nSPS) is 12.4. The van der Waals surface area contributed by atoms with Crippen molar-refractivity contribution in [2.45, 2.75) is 39.8 Å². The Morgan fingerprint density at radius 2 is 2.19 bits per heavy atom. The molecule has 1 heterocycles. The van der Waals surface area contributed by atoms with Gasteiger partial charge in [0, 0.05) is 24.7 Å². The Bertz CT molecular complexity index is 321. The summed E-state index contributed by atoms with van der Waals surface area (Å²) >= 11 is 1.72. The number of hydrogen-bond donors (Lipinski definition) is 1. The van der Waals surface area contributed by atoms with Crippen molar-refractivity contribution in [3.8, 4) is 0 Å². The lowest BCUT2D eigenvalue weighted by atomic mass is 10.1. The van der Waals surface area contributed by atoms with Crippen LogP contribution in [0.4, 0.5) is 0 Å². The maximum absolute atomic E-state index is 5.41. The summed E-state index contributed by atoms with van der Waals surface area (Å²) in [5.41, 5.74) is -0.277. The van der Waals surface area contributed by atoms with Gasteiger partial charge >= 0.3 is 0 Å². The highest BCUT2D eigenvalue weighted by atomic mass is 32.1. The Labute approximate surface area is 102 Å². The standard InChI is InChI=1S/C12H22N2OS/c1-9(2)6-13-7-10-8-14-11(16-10)12(3,4)15-5/h8-9,13H,6-7H2,1-5H3. The molecule has 0 unspecified atom stereocenters. The van der Waals surface area contributed by atoms with Crippen LogP contribution in [0.2, 0.25) is 0 Å². The van der Waals surface area contributed by atoms with Crippen molar-refractivity contribution in [3.63, 3.8) is 0 Å². The number of aromatic nitrogens is 1. The van der Waals surface area contributed by atoms with Gasteiger partial charge in [0.05, 0.1) is 0 Å². The first-order valence-corrected chi connectivity index (χ1v) is 6.48. The molecule has 1 aromatic rings. The van der Waals surface area contributed by atoms with Crippen molar-refractivity contribution in [3.05, 3.63) is 16.1 Å². The predicted molar refractivity (Wildman–Crippen MR) is 68.7 cm³/mol. The number of rotatable bonds is 6. The predicted octanol–water partition coefficient (Wildman–Crippen LogP) is 2.77. The molecule has 92 valence electrons. The van der Waals surface area contributed by atoms with E-state index in [0.29, 0.717) is 5.92 Å². The van der Waals surface area contributed by atoms with Crippen LogP contribution in [0.5, 0.6) is 0 Å². The van der Waals surface area contributed by atoms with Gasteiger partial charge in [0.25, 0.3) is 0 Å². The number of ether oxygens (including phenoxy) is 1. The van der Waals surface area contributed by atoms with Crippen LogP contribution >= 0.6 is 11.3 Å². The highest BCUT2D eigenvalue weighted by Gasteiger charge is 2.23. The third-order valence-electron chi connectivity index (χ3n) is 2.43. The van der Waals surface area contributed by atoms with E-state index < -0.39 is 0 Å². The van der Waals surface area contributed by atoms with Gasteiger partial charge in [-0.1, -0.05) is 13.8 Å². The van der Waals surface area contributed by atoms with Crippen LogP contribution in [0, 0.1) is 5.92 Å². The van der Waals surface area contributed by atoms with Gasteiger partial charge in [0.2, 0.25) is 0 Å². The van der Waals surface area contributed by atoms with Gasteiger partial charge < -0.3 is 10.1 Å². The molecule has 0 aromatic carbocycles. The molecular weight excluding hydrogens is 220 g/mol. The van der Waals surface area contributed by atoms with E-state index in [2.05, 4.69) is 24.1 Å². The number of thiazole rings is 1. The van der Waals surface area contributed by atoms with Gasteiger partial charge in [0.1, 0.15) is 10.6 Å². The zero-order valence-corrected chi connectivity index (χ0v) is 11.6. The van der Waals surface area contributed by atoms with Crippen molar-refractivity contribution in [1.82, 2.24) is 10.3 Å². The minimum Gasteiger partial charge on any atom is -0.372 e. The van der Waals surface area contributed by atoms with E-state index in [-0.39, 0.29) is 5.60 Å². The maximum Gasteiger partial charge on any atom is 0.124 e. The molecular formula is C12H22N2OS. The van der Waals surface area contributed by atoms with Crippen LogP contribution in [0.3, 0.4) is 0 Å². The van der Waals surface area contributed by atoms with E-state index in [4.69, 9.17) is 4.74 Å². The van der Waals surface area contributed by atoms with Crippen LogP contribution in [0.1, 0.15) is 37.6 Å². The van der Waals surface area contributed by atoms with Gasteiger partial charge in [-0.05, 0) is 26.3 Å². The summed E-state index contributed by atoms with van der Waals surface area (Å²) in [5, 5.41) is 4.45. The smallest absolute Gasteiger partial charge is 0.124 e. The Balaban J connectivity index is 2.52. The van der Waals surface area contributed by atoms with E-state index in [9.17, 15) is 0 Å². The lowest BCUT2D eigenvalue weighted by Crippen LogP contribution is -2.19. The third kappa shape index (κ3) is 3.85. The van der Waals surface area contributed by atoms with Crippen LogP contribution < -0.4 is 5.32 Å². The Morgan fingerprint density at radius 1 is 1.50 bits per heavy atom. The van der Waals surface area contributed by atoms with Gasteiger partial charge in [-0.15, -0.1) is 11.3 Å². The monoisotopic (exact) mass is 242 g/mol. The number of nitrogens with zero attached hydrogens (tertiary/aromatic N) is 1. The fourth-order valence-corrected chi connectivity index (χ4v) is 2.20. The zero-order valence-electron chi connectivity index (χ0n) is 10.8. The largest absolute Gasteiger partial charge is 0.372 e. The first-order chi connectivity index (χ1) is 7.45. The van der Waals surface area contributed by atoms with Gasteiger partial charge in [-0.3, -0.25) is 0 Å². The van der Waals surface area contributed by atoms with Gasteiger partial charge in [0.15, 0.2) is 0 Å². The minimum absolute atomic E-state index is 0.277. The molecule has 0 spiro atoms. The molecule has 0 saturated heterocycles. The number of methoxy groups -OCH3 is 1. The van der Waals surface area contributed by atoms with Crippen molar-refractivity contribution in [2.75, 3.05) is 13.7 Å². The first-order valence-electron chi connectivity index (χ1n) is 5.66. The average molecular weight is 242 g/mol. The second-order valence-electron chi connectivity index (χ2n) is 4.87. The summed E-state index contributed by atoms with van der Waals surface area (Å²) in [7, 11) is 1.72. The molecule has 1 rings (SSSR count). The highest BCUT2D eigenvalue weighted by Crippen LogP contribution is 2.27. The molecule has 16 heavy (non-hydrogen) atoms. The maximum atomic E-state index is 5.41. The Hall–Kier alpha value is -0.450. The molecule has 4 heteroatoms. The van der Waals surface area contributed by atoms with Crippen molar-refractivity contribution < 1.29 is 4.74 Å². The SMILES string of the molecule is COC(C)(C)c1ncc(CNCC(C)C)s1. The molecule has 0 aliphatic rings. The molecule has 1 aromatic heterocycles. The van der Waals surface area contributed by atoms with Crippen LogP contribution in [0.15, 0.2) is 6.20 Å². The fourth-order valence-electron chi connectivity index (χ4n) is 1.24. The molecule has 0 aliphatic carbocycles. The van der Waals surface area contributed by atoms with Crippen LogP contribution in [0.25, 0.3) is 0 Å². The third-order valence-corrected chi connectivity index (χ3v) is 3.73. The summed E-state index contributed by atoms with van der Waals surface area (Å²) in [6, 6.07) is 0. The molecule has 3 nitrogen and oxygen atoms in total. The van der Waals surface area contributed by atoms with Crippen molar-refractivity contribution in [2.24, 2.45) is 5.92 Å². The van der Waals surface area contributed by atoms with Gasteiger partial charge in [-0.25, -0.2) is 4.98 Å². The summed E-state index contributed by atoms with van der Waals surface area (Å²) in [4.78, 5) is 5.67. The summed E-state index contributed by atoms with van der Waals surface area (Å²) in [6.45, 7) is 10.4. The van der Waals surface area contributed by atoms with Crippen LogP contribution in [-0.4, -0.2) is 18.6 Å². The molecule has 0 radical (unpaired) electrons. The van der Waals surface area contributed by atoms with E-state index in [1.165, 1.54) is 4.88 Å². The molecule has 0 amide bonds. The van der Waals surface area contributed by atoms with Gasteiger partial charge in [-0.2, -0.15) is 0 Å². The van der Waals surface area contributed by atoms with Crippen LogP contribution in [-0.2, 0) is 16.9 Å². The zero-order chi connectivity index (χ0) is 12.2. The Morgan fingerprint density at radius 3 is 2.75 bits per heavy atom. The second kappa shape index (κ2) is 5.75. The quantitative estimate of drug-likeness (QED) is 0.833.